The van der Waals surface area contributed by atoms with E-state index in [1.54, 1.807) is 0 Å². The summed E-state index contributed by atoms with van der Waals surface area (Å²) in [5, 5.41) is 0. The van der Waals surface area contributed by atoms with Crippen LogP contribution in [0.3, 0.4) is 0 Å². The van der Waals surface area contributed by atoms with Crippen molar-refractivity contribution < 1.29 is 0 Å². The van der Waals surface area contributed by atoms with Crippen LogP contribution in [0.15, 0.2) is 182 Å². The molecule has 7 rings (SSSR count). The SMILES string of the molecule is Cc1ccc(C2=C(C=C(c3ccccc3)c3ccccc3)C(=C(c3ccccc3)c3ccccc3)c3ccccc32)cc1. The van der Waals surface area contributed by atoms with E-state index in [1.165, 1.54) is 72.4 Å². The molecule has 0 radical (unpaired) electrons. The topological polar surface area (TPSA) is 0 Å². The average Bonchev–Trinajstić information content (AvgIpc) is 3.39. The van der Waals surface area contributed by atoms with Crippen LogP contribution in [0.25, 0.3) is 22.3 Å². The van der Waals surface area contributed by atoms with Gasteiger partial charge in [-0.3, -0.25) is 0 Å². The lowest BCUT2D eigenvalue weighted by Gasteiger charge is -2.17. The van der Waals surface area contributed by atoms with Crippen LogP contribution in [0.4, 0.5) is 0 Å². The first kappa shape index (κ1) is 26.4. The summed E-state index contributed by atoms with van der Waals surface area (Å²) in [6, 6.07) is 61.1. The van der Waals surface area contributed by atoms with Crippen LogP contribution in [0, 0.1) is 6.92 Å². The monoisotopic (exact) mass is 548 g/mol. The number of rotatable bonds is 6. The molecule has 0 bridgehead atoms. The zero-order valence-electron chi connectivity index (χ0n) is 24.2. The van der Waals surface area contributed by atoms with E-state index in [0.717, 1.165) is 0 Å². The van der Waals surface area contributed by atoms with Crippen molar-refractivity contribution in [3.8, 4) is 0 Å². The molecule has 0 spiro atoms. The molecule has 6 aromatic rings. The van der Waals surface area contributed by atoms with Crippen molar-refractivity contribution in [1.29, 1.82) is 0 Å². The predicted molar refractivity (Wildman–Crippen MR) is 182 cm³/mol. The van der Waals surface area contributed by atoms with Crippen molar-refractivity contribution in [2.45, 2.75) is 6.92 Å². The zero-order chi connectivity index (χ0) is 29.0. The molecular weight excluding hydrogens is 516 g/mol. The minimum absolute atomic E-state index is 1.20. The summed E-state index contributed by atoms with van der Waals surface area (Å²) in [6.07, 6.45) is 2.43. The molecule has 6 aromatic carbocycles. The lowest BCUT2D eigenvalue weighted by atomic mass is 9.85. The molecule has 0 aliphatic heterocycles. The summed E-state index contributed by atoms with van der Waals surface area (Å²) in [4.78, 5) is 0. The van der Waals surface area contributed by atoms with Gasteiger partial charge in [0, 0.05) is 0 Å². The molecule has 0 saturated carbocycles. The number of hydrogen-bond acceptors (Lipinski definition) is 0. The second-order valence-corrected chi connectivity index (χ2v) is 11.0. The van der Waals surface area contributed by atoms with Crippen LogP contribution >= 0.6 is 0 Å². The number of allylic oxidation sites excluding steroid dienone is 3. The highest BCUT2D eigenvalue weighted by atomic mass is 14.3. The Hall–Kier alpha value is -5.46. The second-order valence-electron chi connectivity index (χ2n) is 11.0. The van der Waals surface area contributed by atoms with Crippen LogP contribution in [0.5, 0.6) is 0 Å². The highest BCUT2D eigenvalue weighted by Crippen LogP contribution is 2.50. The molecule has 0 heterocycles. The Balaban J connectivity index is 1.65. The van der Waals surface area contributed by atoms with Gasteiger partial charge >= 0.3 is 0 Å². The van der Waals surface area contributed by atoms with Gasteiger partial charge < -0.3 is 0 Å². The molecule has 204 valence electrons. The van der Waals surface area contributed by atoms with E-state index in [1.807, 2.05) is 0 Å². The Labute approximate surface area is 254 Å². The number of fused-ring (bicyclic) bond motifs is 1. The van der Waals surface area contributed by atoms with Crippen LogP contribution in [0.2, 0.25) is 0 Å². The fourth-order valence-corrected chi connectivity index (χ4v) is 6.16. The maximum Gasteiger partial charge on any atom is -0.00139 e. The van der Waals surface area contributed by atoms with E-state index in [2.05, 4.69) is 183 Å². The van der Waals surface area contributed by atoms with Gasteiger partial charge in [0.15, 0.2) is 0 Å². The molecule has 1 aliphatic rings. The maximum atomic E-state index is 2.43. The Bertz CT molecular complexity index is 1870. The zero-order valence-corrected chi connectivity index (χ0v) is 24.2. The summed E-state index contributed by atoms with van der Waals surface area (Å²) in [6.45, 7) is 2.15. The van der Waals surface area contributed by atoms with Crippen molar-refractivity contribution in [2.75, 3.05) is 0 Å². The predicted octanol–water partition coefficient (Wildman–Crippen LogP) is 10.9. The lowest BCUT2D eigenvalue weighted by Crippen LogP contribution is -1.97. The number of hydrogen-bond donors (Lipinski definition) is 0. The molecule has 0 saturated heterocycles. The van der Waals surface area contributed by atoms with E-state index < -0.39 is 0 Å². The van der Waals surface area contributed by atoms with Gasteiger partial charge in [0.25, 0.3) is 0 Å². The summed E-state index contributed by atoms with van der Waals surface area (Å²) >= 11 is 0. The maximum absolute atomic E-state index is 2.43. The van der Waals surface area contributed by atoms with E-state index in [0.29, 0.717) is 0 Å². The van der Waals surface area contributed by atoms with Gasteiger partial charge in [0.1, 0.15) is 0 Å². The third-order valence-electron chi connectivity index (χ3n) is 8.18. The van der Waals surface area contributed by atoms with Crippen molar-refractivity contribution >= 4 is 22.3 Å². The molecular formula is C43H32. The molecule has 0 atom stereocenters. The minimum Gasteiger partial charge on any atom is -0.0622 e. The van der Waals surface area contributed by atoms with Gasteiger partial charge in [-0.1, -0.05) is 175 Å². The smallest absolute Gasteiger partial charge is 0.00139 e. The molecule has 0 amide bonds. The van der Waals surface area contributed by atoms with Gasteiger partial charge in [-0.2, -0.15) is 0 Å². The Morgan fingerprint density at radius 2 is 0.837 bits per heavy atom. The van der Waals surface area contributed by atoms with Crippen molar-refractivity contribution in [3.63, 3.8) is 0 Å². The van der Waals surface area contributed by atoms with Gasteiger partial charge in [-0.25, -0.2) is 0 Å². The largest absolute Gasteiger partial charge is 0.0622 e. The second kappa shape index (κ2) is 11.8. The van der Waals surface area contributed by atoms with Gasteiger partial charge in [-0.05, 0) is 79.8 Å². The molecule has 0 nitrogen and oxygen atoms in total. The normalized spacial score (nSPS) is 12.2. The third-order valence-corrected chi connectivity index (χ3v) is 8.18. The molecule has 0 unspecified atom stereocenters. The number of aryl methyl sites for hydroxylation is 1. The fourth-order valence-electron chi connectivity index (χ4n) is 6.16. The summed E-state index contributed by atoms with van der Waals surface area (Å²) < 4.78 is 0. The van der Waals surface area contributed by atoms with Crippen molar-refractivity contribution in [1.82, 2.24) is 0 Å². The molecule has 0 aromatic heterocycles. The minimum atomic E-state index is 1.20. The molecule has 0 fully saturated rings. The molecule has 0 N–H and O–H groups in total. The Morgan fingerprint density at radius 3 is 1.33 bits per heavy atom. The third kappa shape index (κ3) is 5.20. The van der Waals surface area contributed by atoms with E-state index in [9.17, 15) is 0 Å². The van der Waals surface area contributed by atoms with Crippen LogP contribution in [-0.2, 0) is 0 Å². The average molecular weight is 549 g/mol. The van der Waals surface area contributed by atoms with Crippen molar-refractivity contribution in [3.05, 3.63) is 226 Å². The van der Waals surface area contributed by atoms with Gasteiger partial charge in [0.2, 0.25) is 0 Å². The van der Waals surface area contributed by atoms with Crippen LogP contribution in [-0.4, -0.2) is 0 Å². The van der Waals surface area contributed by atoms with Gasteiger partial charge in [-0.15, -0.1) is 0 Å². The Kier molecular flexibility index (Phi) is 7.26. The summed E-state index contributed by atoms with van der Waals surface area (Å²) in [7, 11) is 0. The quantitative estimate of drug-likeness (QED) is 0.194. The lowest BCUT2D eigenvalue weighted by molar-refractivity contribution is 1.45. The standard InChI is InChI=1S/C43H32/c1-31-26-28-36(29-27-31)42-37-24-14-15-25-38(37)43(41(34-20-10-4-11-21-34)35-22-12-5-13-23-35)40(42)30-39(32-16-6-2-7-17-32)33-18-8-3-9-19-33/h2-30H,1H3. The van der Waals surface area contributed by atoms with Crippen LogP contribution < -0.4 is 0 Å². The molecule has 43 heavy (non-hydrogen) atoms. The summed E-state index contributed by atoms with van der Waals surface area (Å²) in [5.41, 5.74) is 16.0. The van der Waals surface area contributed by atoms with Crippen molar-refractivity contribution in [2.24, 2.45) is 0 Å². The first-order valence-corrected chi connectivity index (χ1v) is 14.9. The Morgan fingerprint density at radius 1 is 0.419 bits per heavy atom. The highest BCUT2D eigenvalue weighted by Gasteiger charge is 2.30. The highest BCUT2D eigenvalue weighted by molar-refractivity contribution is 6.17. The van der Waals surface area contributed by atoms with E-state index >= 15 is 0 Å². The summed E-state index contributed by atoms with van der Waals surface area (Å²) in [5.74, 6) is 0. The van der Waals surface area contributed by atoms with E-state index in [4.69, 9.17) is 0 Å². The van der Waals surface area contributed by atoms with Gasteiger partial charge in [0.05, 0.1) is 0 Å². The molecule has 0 heteroatoms. The van der Waals surface area contributed by atoms with Crippen LogP contribution in [0.1, 0.15) is 44.5 Å². The van der Waals surface area contributed by atoms with E-state index in [-0.39, 0.29) is 0 Å². The molecule has 1 aliphatic carbocycles. The first-order valence-electron chi connectivity index (χ1n) is 14.9. The number of benzene rings is 6. The first-order chi connectivity index (χ1) is 21.3. The fraction of sp³-hybridized carbons (Fsp3) is 0.0233.